The minimum absolute atomic E-state index is 0.0838. The number of urea groups is 4. The van der Waals surface area contributed by atoms with Crippen LogP contribution in [0.25, 0.3) is 0 Å². The lowest BCUT2D eigenvalue weighted by atomic mass is 10.5. The van der Waals surface area contributed by atoms with E-state index in [0.29, 0.717) is 0 Å². The van der Waals surface area contributed by atoms with Gasteiger partial charge in [0, 0.05) is 23.5 Å². The standard InChI is InChI=1S/C3H10N4O2P2.C3H6N3O2P.C3H9N.C3H9P.C2H7N2OP.C2H6.CH2NOP/c8-2(6-10)4-1-5-3(9)7-11;1-4-3(8)6-9-5-2-7;1-2-3-4;1-3-4-2;1-3-2(5)4-6;1-2;3-1-2-4/h1,10-11H2,(H2,4,6,8)(H2,5,7,9);9H,1H3,(H2,4,6,8);2-4H2,1H3;4H,3H2,1-2H3;6H2,1H3,(H2,3,4,5);1-2H3;4H2. The summed E-state index contributed by atoms with van der Waals surface area (Å²) in [5, 5.41) is 18.4. The van der Waals surface area contributed by atoms with Gasteiger partial charge in [-0.25, -0.2) is 28.8 Å². The molecule has 0 rings (SSSR count). The summed E-state index contributed by atoms with van der Waals surface area (Å²) in [5.41, 5.74) is 5.03. The van der Waals surface area contributed by atoms with Gasteiger partial charge in [-0.2, -0.15) is 9.53 Å². The average molecular weight is 689 g/mol. The normalized spacial score (nSPS) is 7.60. The van der Waals surface area contributed by atoms with Gasteiger partial charge in [-0.05, 0) is 54.0 Å². The second-order valence-corrected chi connectivity index (χ2v) is 8.17. The molecular formula is C17H49N11O6P6. The molecule has 0 fully saturated rings. The third-order valence-electron chi connectivity index (χ3n) is 2.31. The molecule has 0 aliphatic heterocycles. The molecule has 0 radical (unpaired) electrons. The fourth-order valence-electron chi connectivity index (χ4n) is 0.543. The van der Waals surface area contributed by atoms with E-state index in [1.165, 1.54) is 25.4 Å². The van der Waals surface area contributed by atoms with E-state index in [9.17, 15) is 24.0 Å². The van der Waals surface area contributed by atoms with Crippen LogP contribution in [0.15, 0.2) is 9.53 Å². The monoisotopic (exact) mass is 689 g/mol. The Morgan fingerprint density at radius 3 is 1.35 bits per heavy atom. The summed E-state index contributed by atoms with van der Waals surface area (Å²) in [5.74, 6) is 0. The molecule has 6 unspecified atom stereocenters. The molecular weight excluding hydrogens is 640 g/mol. The number of nitrogens with one attached hydrogen (secondary N) is 8. The van der Waals surface area contributed by atoms with Gasteiger partial charge in [0.15, 0.2) is 0 Å². The van der Waals surface area contributed by atoms with E-state index >= 15 is 0 Å². The van der Waals surface area contributed by atoms with Gasteiger partial charge in [0.2, 0.25) is 12.2 Å². The Kier molecular flexibility index (Phi) is 83.6. The molecule has 0 spiro atoms. The zero-order valence-corrected chi connectivity index (χ0v) is 30.7. The molecule has 0 heterocycles. The van der Waals surface area contributed by atoms with Gasteiger partial charge in [0.05, 0.1) is 6.67 Å². The number of amides is 8. The first-order chi connectivity index (χ1) is 19.1. The summed E-state index contributed by atoms with van der Waals surface area (Å²) < 4.78 is 5.96. The highest BCUT2D eigenvalue weighted by Gasteiger charge is 1.96. The fourth-order valence-corrected chi connectivity index (χ4v) is 1.22. The smallest absolute Gasteiger partial charge is 0.319 e. The molecule has 6 atom stereocenters. The van der Waals surface area contributed by atoms with Gasteiger partial charge in [-0.1, -0.05) is 27.7 Å². The highest BCUT2D eigenvalue weighted by atomic mass is 31.1. The maximum atomic E-state index is 10.5. The zero-order valence-electron chi connectivity index (χ0n) is 24.1. The van der Waals surface area contributed by atoms with Crippen molar-refractivity contribution >= 4 is 91.3 Å². The first-order valence-corrected chi connectivity index (χ1v) is 16.1. The van der Waals surface area contributed by atoms with Crippen molar-refractivity contribution in [3.8, 4) is 0 Å². The average Bonchev–Trinajstić information content (AvgIpc) is 3.02. The van der Waals surface area contributed by atoms with Crippen molar-refractivity contribution in [1.29, 1.82) is 0 Å². The van der Waals surface area contributed by atoms with Crippen molar-refractivity contribution in [3.05, 3.63) is 0 Å². The Morgan fingerprint density at radius 1 is 0.825 bits per heavy atom. The molecule has 0 aromatic carbocycles. The number of carbonyl (C=O) groups is 4. The molecule has 0 aliphatic carbocycles. The summed E-state index contributed by atoms with van der Waals surface area (Å²) in [4.78, 5) is 59.4. The number of hydrogen-bond donors (Lipinski definition) is 9. The lowest BCUT2D eigenvalue weighted by molar-refractivity contribution is 0.240. The van der Waals surface area contributed by atoms with E-state index in [1.807, 2.05) is 42.0 Å². The van der Waals surface area contributed by atoms with Crippen molar-refractivity contribution in [3.63, 3.8) is 0 Å². The predicted molar refractivity (Wildman–Crippen MR) is 182 cm³/mol. The highest BCUT2D eigenvalue weighted by molar-refractivity contribution is 7.36. The predicted octanol–water partition coefficient (Wildman–Crippen LogP) is 1.40. The summed E-state index contributed by atoms with van der Waals surface area (Å²) in [6.45, 7) is 11.4. The van der Waals surface area contributed by atoms with Gasteiger partial charge in [0.25, 0.3) is 0 Å². The second-order valence-electron chi connectivity index (χ2n) is 4.94. The van der Waals surface area contributed by atoms with Crippen LogP contribution in [0.3, 0.4) is 0 Å². The first kappa shape index (κ1) is 54.5. The molecule has 0 aromatic rings. The molecule has 40 heavy (non-hydrogen) atoms. The van der Waals surface area contributed by atoms with Crippen LogP contribution in [0.2, 0.25) is 0 Å². The molecule has 0 aliphatic rings. The lowest BCUT2D eigenvalue weighted by Gasteiger charge is -2.04. The number of rotatable bonds is 6. The number of nitrogens with two attached hydrogens (primary N) is 1. The lowest BCUT2D eigenvalue weighted by Crippen LogP contribution is -2.41. The Balaban J connectivity index is -0.0000000677. The fraction of sp³-hybridized carbons (Fsp3) is 0.647. The van der Waals surface area contributed by atoms with Gasteiger partial charge in [-0.3, -0.25) is 0 Å². The Labute approximate surface area is 251 Å². The van der Waals surface area contributed by atoms with Crippen molar-refractivity contribution < 1.29 is 28.8 Å². The Morgan fingerprint density at radius 2 is 1.18 bits per heavy atom. The van der Waals surface area contributed by atoms with Crippen molar-refractivity contribution in [2.24, 2.45) is 15.3 Å². The molecule has 238 valence electrons. The molecule has 23 heteroatoms. The maximum absolute atomic E-state index is 10.5. The third kappa shape index (κ3) is 90.9. The second kappa shape index (κ2) is 61.4. The minimum atomic E-state index is -0.376. The van der Waals surface area contributed by atoms with E-state index in [4.69, 9.17) is 10.5 Å². The summed E-state index contributed by atoms with van der Waals surface area (Å²) in [6.07, 6.45) is 5.00. The van der Waals surface area contributed by atoms with Crippen molar-refractivity contribution in [2.45, 2.75) is 34.1 Å². The van der Waals surface area contributed by atoms with Crippen LogP contribution in [-0.4, -0.2) is 76.4 Å². The summed E-state index contributed by atoms with van der Waals surface area (Å²) >= 11 is 0. The minimum Gasteiger partial charge on any atom is -0.341 e. The summed E-state index contributed by atoms with van der Waals surface area (Å²) in [7, 11) is 11.9. The quantitative estimate of drug-likeness (QED) is 0.0857. The van der Waals surface area contributed by atoms with E-state index in [0.717, 1.165) is 21.5 Å². The van der Waals surface area contributed by atoms with Crippen LogP contribution in [-0.2, 0) is 9.59 Å². The zero-order chi connectivity index (χ0) is 33.0. The van der Waals surface area contributed by atoms with Crippen molar-refractivity contribution in [2.75, 3.05) is 40.1 Å². The number of isocyanates is 2. The van der Waals surface area contributed by atoms with Crippen LogP contribution in [0.4, 0.5) is 19.2 Å². The van der Waals surface area contributed by atoms with Gasteiger partial charge < -0.3 is 47.4 Å². The van der Waals surface area contributed by atoms with Crippen LogP contribution in [0.5, 0.6) is 0 Å². The van der Waals surface area contributed by atoms with E-state index in [1.54, 1.807) is 7.05 Å². The van der Waals surface area contributed by atoms with E-state index in [-0.39, 0.29) is 39.7 Å². The van der Waals surface area contributed by atoms with Gasteiger partial charge >= 0.3 is 24.1 Å². The topological polar surface area (TPSA) is 249 Å². The molecule has 0 bridgehead atoms. The van der Waals surface area contributed by atoms with E-state index in [2.05, 4.69) is 81.0 Å². The molecule has 0 aromatic heterocycles. The van der Waals surface area contributed by atoms with Gasteiger partial charge in [0.1, 0.15) is 8.88 Å². The van der Waals surface area contributed by atoms with Crippen LogP contribution in [0, 0.1) is 0 Å². The molecule has 0 saturated carbocycles. The largest absolute Gasteiger partial charge is 0.341 e. The summed E-state index contributed by atoms with van der Waals surface area (Å²) in [6, 6.07) is -1.30. The van der Waals surface area contributed by atoms with Crippen LogP contribution >= 0.6 is 55.0 Å². The first-order valence-electron chi connectivity index (χ1n) is 11.2. The van der Waals surface area contributed by atoms with E-state index < -0.39 is 0 Å². The molecule has 8 amide bonds. The van der Waals surface area contributed by atoms with Gasteiger partial charge in [-0.15, -0.1) is 8.58 Å². The number of nitrogens with zero attached hydrogens (tertiary/aromatic N) is 2. The Bertz CT molecular complexity index is 630. The highest BCUT2D eigenvalue weighted by Crippen LogP contribution is 2.00. The molecule has 10 N–H and O–H groups in total. The van der Waals surface area contributed by atoms with Crippen LogP contribution < -0.4 is 47.4 Å². The number of hydrogen-bond acceptors (Lipinski definition) is 9. The maximum Gasteiger partial charge on any atom is 0.319 e. The number of carbonyl (C=O) groups excluding carboxylic acids is 6. The van der Waals surface area contributed by atoms with Crippen LogP contribution in [0.1, 0.15) is 34.1 Å². The SMILES string of the molecule is CC.CCCN.CCPC.CNC(=O)NP.CNC(=O)NPN=C=O.O=C(NP)NCNC(=O)NP.O=C=NP. The third-order valence-corrected chi connectivity index (χ3v) is 4.45. The molecule has 17 nitrogen and oxygen atoms in total. The van der Waals surface area contributed by atoms with Crippen molar-refractivity contribution in [1.82, 2.24) is 41.6 Å². The Hall–Kier alpha value is -1.62. The molecule has 0 saturated heterocycles.